The van der Waals surface area contributed by atoms with E-state index in [2.05, 4.69) is 15.5 Å². The minimum atomic E-state index is -1.17. The van der Waals surface area contributed by atoms with Crippen LogP contribution in [0.15, 0.2) is 65.2 Å². The van der Waals surface area contributed by atoms with E-state index >= 15 is 0 Å². The molecule has 1 aliphatic carbocycles. The van der Waals surface area contributed by atoms with E-state index < -0.39 is 29.2 Å². The van der Waals surface area contributed by atoms with E-state index in [1.807, 2.05) is 35.2 Å². The Labute approximate surface area is 217 Å². The van der Waals surface area contributed by atoms with Gasteiger partial charge in [0, 0.05) is 23.5 Å². The van der Waals surface area contributed by atoms with Crippen LogP contribution in [0.3, 0.4) is 0 Å². The molecule has 0 aromatic carbocycles. The third kappa shape index (κ3) is 5.15. The fraction of sp³-hybridized carbons (Fsp3) is 0.360. The van der Waals surface area contributed by atoms with Crippen LogP contribution in [0.2, 0.25) is 0 Å². The molecule has 5 rings (SSSR count). The highest BCUT2D eigenvalue weighted by atomic mass is 32.2. The van der Waals surface area contributed by atoms with Crippen molar-refractivity contribution in [2.24, 2.45) is 5.16 Å². The van der Waals surface area contributed by atoms with Crippen LogP contribution in [-0.2, 0) is 25.8 Å². The van der Waals surface area contributed by atoms with Crippen molar-refractivity contribution in [1.82, 2.24) is 15.2 Å². The number of carboxylic acid groups (broad SMARTS) is 1. The molecule has 11 nitrogen and oxygen atoms in total. The number of anilines is 1. The summed E-state index contributed by atoms with van der Waals surface area (Å²) in [5.41, 5.74) is 6.54. The first-order valence-electron chi connectivity index (χ1n) is 12.0. The zero-order chi connectivity index (χ0) is 25.9. The van der Waals surface area contributed by atoms with Crippen molar-refractivity contribution in [2.75, 3.05) is 11.5 Å². The highest BCUT2D eigenvalue weighted by Crippen LogP contribution is 2.40. The second kappa shape index (κ2) is 10.6. The largest absolute Gasteiger partial charge is 0.477 e. The van der Waals surface area contributed by atoms with Crippen LogP contribution >= 0.6 is 11.8 Å². The quantitative estimate of drug-likeness (QED) is 0.201. The lowest BCUT2D eigenvalue weighted by molar-refractivity contribution is -0.689. The molecule has 2 aromatic heterocycles. The number of fused-ring (bicyclic) bond motifs is 1. The standard InChI is InChI=1S/C25H26N6O5S/c26-18-10-6-9-17(27-18)19(29-36-16-7-2-3-8-16)22(32)28-20-23(33)31-21(25(34)35)15(14-37-24(20)31)13-30-11-4-1-5-12-30/h1,4-6,9-12,16,20,24H,2-3,7-8,13-14H2,(H3-,26,27,28,32,34,35)/p+1/b29-19-/t20?,24-/m1/s1. The van der Waals surface area contributed by atoms with E-state index in [0.717, 1.165) is 25.7 Å². The Hall–Kier alpha value is -3.93. The number of amides is 2. The van der Waals surface area contributed by atoms with Gasteiger partial charge in [0.05, 0.1) is 0 Å². The molecule has 1 unspecified atom stereocenters. The van der Waals surface area contributed by atoms with Crippen LogP contribution < -0.4 is 15.6 Å². The average Bonchev–Trinajstić information content (AvgIpc) is 3.41. The second-order valence-electron chi connectivity index (χ2n) is 9.07. The van der Waals surface area contributed by atoms with Gasteiger partial charge in [-0.25, -0.2) is 14.3 Å². The van der Waals surface area contributed by atoms with Crippen molar-refractivity contribution in [3.05, 3.63) is 65.8 Å². The summed E-state index contributed by atoms with van der Waals surface area (Å²) in [7, 11) is 0. The molecule has 4 N–H and O–H groups in total. The van der Waals surface area contributed by atoms with Gasteiger partial charge in [0.25, 0.3) is 11.8 Å². The molecule has 3 aliphatic rings. The molecular weight excluding hydrogens is 496 g/mol. The molecule has 2 fully saturated rings. The van der Waals surface area contributed by atoms with Gasteiger partial charge in [-0.2, -0.15) is 0 Å². The number of rotatable bonds is 8. The molecule has 37 heavy (non-hydrogen) atoms. The topological polar surface area (TPSA) is 151 Å². The average molecular weight is 524 g/mol. The van der Waals surface area contributed by atoms with Crippen molar-refractivity contribution in [2.45, 2.75) is 49.7 Å². The molecule has 1 saturated carbocycles. The Morgan fingerprint density at radius 1 is 1.22 bits per heavy atom. The number of nitrogens with one attached hydrogen (secondary N) is 1. The summed E-state index contributed by atoms with van der Waals surface area (Å²) in [5, 5.41) is 16.2. The summed E-state index contributed by atoms with van der Waals surface area (Å²) in [6, 6.07) is 9.51. The summed E-state index contributed by atoms with van der Waals surface area (Å²) in [6.45, 7) is 0.347. The number of nitrogen functional groups attached to an aromatic ring is 1. The number of hydrogen-bond donors (Lipinski definition) is 3. The Morgan fingerprint density at radius 2 is 1.97 bits per heavy atom. The van der Waals surface area contributed by atoms with E-state index in [4.69, 9.17) is 10.6 Å². The number of carbonyl (C=O) groups is 3. The van der Waals surface area contributed by atoms with Crippen LogP contribution in [0, 0.1) is 0 Å². The number of carboxylic acids is 1. The number of oxime groups is 1. The molecule has 1 saturated heterocycles. The lowest BCUT2D eigenvalue weighted by atomic mass is 10.0. The number of nitrogens with zero attached hydrogens (tertiary/aromatic N) is 4. The maximum atomic E-state index is 13.3. The van der Waals surface area contributed by atoms with E-state index in [1.54, 1.807) is 18.2 Å². The molecule has 0 radical (unpaired) electrons. The van der Waals surface area contributed by atoms with Gasteiger partial charge < -0.3 is 21.0 Å². The van der Waals surface area contributed by atoms with Crippen molar-refractivity contribution >= 4 is 41.1 Å². The summed E-state index contributed by atoms with van der Waals surface area (Å²) in [6.07, 6.45) is 7.37. The van der Waals surface area contributed by atoms with E-state index in [-0.39, 0.29) is 29.0 Å². The van der Waals surface area contributed by atoms with Crippen molar-refractivity contribution in [3.63, 3.8) is 0 Å². The molecule has 2 aromatic rings. The molecular formula is C25H27N6O5S+. The van der Waals surface area contributed by atoms with Gasteiger partial charge >= 0.3 is 5.97 Å². The highest BCUT2D eigenvalue weighted by molar-refractivity contribution is 8.00. The third-order valence-corrected chi connectivity index (χ3v) is 7.85. The normalized spacial score (nSPS) is 21.9. The summed E-state index contributed by atoms with van der Waals surface area (Å²) in [4.78, 5) is 49.6. The van der Waals surface area contributed by atoms with Crippen LogP contribution in [0.1, 0.15) is 31.4 Å². The highest BCUT2D eigenvalue weighted by Gasteiger charge is 2.54. The number of carbonyl (C=O) groups excluding carboxylic acids is 2. The maximum absolute atomic E-state index is 13.3. The molecule has 2 atom stereocenters. The summed E-state index contributed by atoms with van der Waals surface area (Å²) < 4.78 is 1.86. The zero-order valence-electron chi connectivity index (χ0n) is 19.9. The number of aliphatic carboxylic acids is 1. The SMILES string of the molecule is Nc1cccc(/C(=N/OC2CCCC2)C(=O)NC2C(=O)N3C(C(=O)O)=C(C[n+]4ccccc4)CS[C@H]23)n1. The molecule has 2 amide bonds. The van der Waals surface area contributed by atoms with E-state index in [1.165, 1.54) is 16.7 Å². The van der Waals surface area contributed by atoms with Gasteiger partial charge in [0.1, 0.15) is 34.7 Å². The molecule has 192 valence electrons. The van der Waals surface area contributed by atoms with Gasteiger partial charge in [0.15, 0.2) is 24.7 Å². The van der Waals surface area contributed by atoms with E-state index in [9.17, 15) is 19.5 Å². The first-order valence-corrected chi connectivity index (χ1v) is 13.1. The lowest BCUT2D eigenvalue weighted by Crippen LogP contribution is -2.71. The van der Waals surface area contributed by atoms with Gasteiger partial charge in [-0.3, -0.25) is 14.5 Å². The fourth-order valence-corrected chi connectivity index (χ4v) is 6.02. The van der Waals surface area contributed by atoms with Crippen molar-refractivity contribution in [3.8, 4) is 0 Å². The minimum Gasteiger partial charge on any atom is -0.477 e. The fourth-order valence-electron chi connectivity index (χ4n) is 4.68. The van der Waals surface area contributed by atoms with Crippen molar-refractivity contribution < 1.29 is 28.9 Å². The first-order chi connectivity index (χ1) is 17.9. The minimum absolute atomic E-state index is 0.0356. The van der Waals surface area contributed by atoms with E-state index in [0.29, 0.717) is 17.9 Å². The van der Waals surface area contributed by atoms with Gasteiger partial charge in [-0.05, 0) is 37.8 Å². The smallest absolute Gasteiger partial charge is 0.352 e. The van der Waals surface area contributed by atoms with Gasteiger partial charge in [-0.15, -0.1) is 11.8 Å². The number of nitrogens with two attached hydrogens (primary N) is 1. The second-order valence-corrected chi connectivity index (χ2v) is 10.2. The predicted octanol–water partition coefficient (Wildman–Crippen LogP) is 1.05. The lowest BCUT2D eigenvalue weighted by Gasteiger charge is -2.49. The first kappa shape index (κ1) is 24.8. The number of aromatic nitrogens is 2. The monoisotopic (exact) mass is 523 g/mol. The van der Waals surface area contributed by atoms with Crippen LogP contribution in [-0.4, -0.2) is 61.8 Å². The number of thioether (sulfide) groups is 1. The van der Waals surface area contributed by atoms with Crippen LogP contribution in [0.25, 0.3) is 0 Å². The number of β-lactam (4-membered cyclic amide) rings is 1. The number of hydrogen-bond acceptors (Lipinski definition) is 8. The van der Waals surface area contributed by atoms with Crippen molar-refractivity contribution in [1.29, 1.82) is 0 Å². The molecule has 0 bridgehead atoms. The Kier molecular flexibility index (Phi) is 7.08. The predicted molar refractivity (Wildman–Crippen MR) is 135 cm³/mol. The summed E-state index contributed by atoms with van der Waals surface area (Å²) in [5.74, 6) is -1.68. The summed E-state index contributed by atoms with van der Waals surface area (Å²) >= 11 is 1.41. The molecule has 2 aliphatic heterocycles. The maximum Gasteiger partial charge on any atom is 0.352 e. The molecule has 12 heteroatoms. The Bertz CT molecular complexity index is 1280. The molecule has 0 spiro atoms. The Morgan fingerprint density at radius 3 is 2.68 bits per heavy atom. The van der Waals surface area contributed by atoms with Crippen LogP contribution in [0.5, 0.6) is 0 Å². The van der Waals surface area contributed by atoms with Crippen LogP contribution in [0.4, 0.5) is 5.82 Å². The Balaban J connectivity index is 1.35. The van der Waals surface area contributed by atoms with Gasteiger partial charge in [-0.1, -0.05) is 17.3 Å². The zero-order valence-corrected chi connectivity index (χ0v) is 20.8. The van der Waals surface area contributed by atoms with Gasteiger partial charge in [0.2, 0.25) is 0 Å². The third-order valence-electron chi connectivity index (χ3n) is 6.51. The molecule has 4 heterocycles. The number of pyridine rings is 2.